The van der Waals surface area contributed by atoms with Crippen LogP contribution in [0.2, 0.25) is 0 Å². The topological polar surface area (TPSA) is 278 Å². The minimum atomic E-state index is -1.53. The summed E-state index contributed by atoms with van der Waals surface area (Å²) in [7, 11) is 1.35. The number of hydrogen-bond acceptors (Lipinski definition) is 14. The van der Waals surface area contributed by atoms with Crippen molar-refractivity contribution >= 4 is 59.6 Å². The number of ether oxygens (including phenoxy) is 4. The first-order valence-corrected chi connectivity index (χ1v) is 21.1. The second-order valence-electron chi connectivity index (χ2n) is 14.6. The van der Waals surface area contributed by atoms with E-state index in [4.69, 9.17) is 18.9 Å². The largest absolute Gasteiger partial charge is 0.463 e. The number of amides is 7. The van der Waals surface area contributed by atoms with Crippen LogP contribution < -0.4 is 31.9 Å². The van der Waals surface area contributed by atoms with E-state index in [0.29, 0.717) is 16.7 Å². The van der Waals surface area contributed by atoms with Gasteiger partial charge in [-0.3, -0.25) is 44.4 Å². The molecule has 1 aliphatic rings. The highest BCUT2D eigenvalue weighted by atomic mass is 16.6. The molecule has 1 heterocycles. The van der Waals surface area contributed by atoms with Crippen LogP contribution >= 0.6 is 0 Å². The van der Waals surface area contributed by atoms with Crippen molar-refractivity contribution < 1.29 is 62.1 Å². The Bertz CT molecular complexity index is 2150. The molecule has 66 heavy (non-hydrogen) atoms. The van der Waals surface area contributed by atoms with Crippen LogP contribution in [-0.2, 0) is 67.5 Å². The summed E-state index contributed by atoms with van der Waals surface area (Å²) in [6.45, 7) is 1.41. The molecule has 3 atom stereocenters. The number of fused-ring (bicyclic) bond motifs is 2. The molecule has 0 spiro atoms. The molecule has 3 aromatic carbocycles. The maximum Gasteiger partial charge on any atom is 0.414 e. The molecule has 4 rings (SSSR count). The van der Waals surface area contributed by atoms with E-state index in [2.05, 4.69) is 36.9 Å². The Morgan fingerprint density at radius 1 is 0.712 bits per heavy atom. The van der Waals surface area contributed by atoms with Crippen molar-refractivity contribution in [2.45, 2.75) is 77.4 Å². The summed E-state index contributed by atoms with van der Waals surface area (Å²) in [5.41, 5.74) is 2.03. The lowest BCUT2D eigenvalue weighted by Gasteiger charge is -2.30. The zero-order chi connectivity index (χ0) is 47.8. The number of aliphatic imine (C=N–C) groups is 1. The molecule has 6 N–H and O–H groups in total. The van der Waals surface area contributed by atoms with Gasteiger partial charge in [0.15, 0.2) is 6.61 Å². The van der Waals surface area contributed by atoms with E-state index in [1.165, 1.54) is 19.2 Å². The molecule has 2 bridgehead atoms. The van der Waals surface area contributed by atoms with Crippen LogP contribution in [0.4, 0.5) is 9.59 Å². The number of nitrogens with zero attached hydrogens (tertiary/aromatic N) is 2. The number of rotatable bonds is 14. The number of guanidine groups is 1. The van der Waals surface area contributed by atoms with Crippen LogP contribution in [-0.4, -0.2) is 116 Å². The summed E-state index contributed by atoms with van der Waals surface area (Å²) in [6, 6.07) is 20.0. The van der Waals surface area contributed by atoms with Gasteiger partial charge in [-0.15, -0.1) is 0 Å². The molecule has 0 fully saturated rings. The van der Waals surface area contributed by atoms with Crippen molar-refractivity contribution in [2.75, 3.05) is 33.4 Å². The second-order valence-corrected chi connectivity index (χ2v) is 14.6. The maximum absolute atomic E-state index is 14.0. The molecule has 352 valence electrons. The van der Waals surface area contributed by atoms with E-state index in [1.54, 1.807) is 86.6 Å². The summed E-state index contributed by atoms with van der Waals surface area (Å²) in [6.07, 6.45) is -2.49. The summed E-state index contributed by atoms with van der Waals surface area (Å²) in [5.74, 6) is -5.91. The molecule has 7 amide bonds. The molecule has 0 aromatic heterocycles. The molecule has 1 aliphatic heterocycles. The normalized spacial score (nSPS) is 16.9. The Labute approximate surface area is 380 Å². The van der Waals surface area contributed by atoms with Gasteiger partial charge >= 0.3 is 24.1 Å². The van der Waals surface area contributed by atoms with E-state index >= 15 is 0 Å². The summed E-state index contributed by atoms with van der Waals surface area (Å²) in [5, 5.41) is 14.9. The first-order valence-electron chi connectivity index (χ1n) is 21.1. The van der Waals surface area contributed by atoms with Crippen molar-refractivity contribution in [2.24, 2.45) is 4.99 Å². The molecule has 0 unspecified atom stereocenters. The lowest BCUT2D eigenvalue weighted by Crippen LogP contribution is -2.56. The van der Waals surface area contributed by atoms with Crippen LogP contribution in [0.25, 0.3) is 0 Å². The Kier molecular flexibility index (Phi) is 20.6. The predicted molar refractivity (Wildman–Crippen MR) is 235 cm³/mol. The highest BCUT2D eigenvalue weighted by Gasteiger charge is 2.32. The van der Waals surface area contributed by atoms with Crippen molar-refractivity contribution in [3.05, 3.63) is 107 Å². The van der Waals surface area contributed by atoms with Crippen LogP contribution in [0, 0.1) is 0 Å². The molecule has 0 saturated carbocycles. The highest BCUT2D eigenvalue weighted by Crippen LogP contribution is 2.13. The maximum atomic E-state index is 14.0. The Hall–Kier alpha value is -7.84. The minimum absolute atomic E-state index is 0.0434. The third-order valence-corrected chi connectivity index (χ3v) is 9.66. The molecule has 0 saturated heterocycles. The van der Waals surface area contributed by atoms with Crippen molar-refractivity contribution in [3.63, 3.8) is 0 Å². The lowest BCUT2D eigenvalue weighted by atomic mass is 10.1. The zero-order valence-electron chi connectivity index (χ0n) is 36.8. The van der Waals surface area contributed by atoms with Gasteiger partial charge in [0.25, 0.3) is 5.91 Å². The number of hydrogen-bond donors (Lipinski definition) is 6. The summed E-state index contributed by atoms with van der Waals surface area (Å²) in [4.78, 5) is 123. The minimum Gasteiger partial charge on any atom is -0.463 e. The smallest absolute Gasteiger partial charge is 0.414 e. The number of carbonyl (C=O) groups excluding carboxylic acids is 9. The average molecular weight is 915 g/mol. The van der Waals surface area contributed by atoms with Gasteiger partial charge in [-0.25, -0.2) is 14.4 Å². The van der Waals surface area contributed by atoms with Crippen LogP contribution in [0.5, 0.6) is 0 Å². The van der Waals surface area contributed by atoms with Gasteiger partial charge in [0.2, 0.25) is 29.6 Å². The van der Waals surface area contributed by atoms with Gasteiger partial charge in [0.05, 0.1) is 19.6 Å². The van der Waals surface area contributed by atoms with Gasteiger partial charge in [-0.2, -0.15) is 0 Å². The monoisotopic (exact) mass is 914 g/mol. The van der Waals surface area contributed by atoms with E-state index in [1.807, 2.05) is 0 Å². The van der Waals surface area contributed by atoms with E-state index in [0.717, 1.165) is 4.90 Å². The molecular weight excluding hydrogens is 861 g/mol. The average Bonchev–Trinajstić information content (AvgIpc) is 3.32. The van der Waals surface area contributed by atoms with Gasteiger partial charge in [-0.05, 0) is 55.0 Å². The molecule has 0 radical (unpaired) electrons. The third-order valence-electron chi connectivity index (χ3n) is 9.66. The molecule has 21 nitrogen and oxygen atoms in total. The predicted octanol–water partition coefficient (Wildman–Crippen LogP) is 1.74. The fraction of sp³-hybridized carbons (Fsp3) is 0.378. The molecule has 3 aromatic rings. The lowest BCUT2D eigenvalue weighted by molar-refractivity contribution is -0.159. The molecule has 0 aliphatic carbocycles. The Morgan fingerprint density at radius 3 is 1.94 bits per heavy atom. The number of benzene rings is 3. The summed E-state index contributed by atoms with van der Waals surface area (Å²) < 4.78 is 20.2. The van der Waals surface area contributed by atoms with E-state index in [9.17, 15) is 43.2 Å². The van der Waals surface area contributed by atoms with E-state index in [-0.39, 0.29) is 63.7 Å². The van der Waals surface area contributed by atoms with Gasteiger partial charge in [0, 0.05) is 25.7 Å². The second kappa shape index (κ2) is 26.7. The fourth-order valence-corrected chi connectivity index (χ4v) is 6.22. The molecular formula is C45H54N8O13. The number of alkyl carbamates (subject to hydrolysis) is 2. The highest BCUT2D eigenvalue weighted by molar-refractivity contribution is 6.01. The first kappa shape index (κ1) is 50.8. The first-order chi connectivity index (χ1) is 31.8. The van der Waals surface area contributed by atoms with Gasteiger partial charge in [-0.1, -0.05) is 79.7 Å². The van der Waals surface area contributed by atoms with Gasteiger partial charge in [0.1, 0.15) is 31.3 Å². The van der Waals surface area contributed by atoms with Crippen molar-refractivity contribution in [1.82, 2.24) is 36.8 Å². The van der Waals surface area contributed by atoms with Crippen molar-refractivity contribution in [1.29, 1.82) is 0 Å². The van der Waals surface area contributed by atoms with Crippen molar-refractivity contribution in [3.8, 4) is 0 Å². The van der Waals surface area contributed by atoms with Crippen LogP contribution in [0.15, 0.2) is 89.9 Å². The number of likely N-dealkylation sites (N-methyl/N-ethyl adjacent to an activating group) is 1. The number of esters is 2. The number of nitrogens with one attached hydrogen (secondary N) is 6. The summed E-state index contributed by atoms with van der Waals surface area (Å²) >= 11 is 0. The quantitative estimate of drug-likeness (QED) is 0.0443. The zero-order valence-corrected chi connectivity index (χ0v) is 36.8. The SMILES string of the molecule is CCOC(=O)COC(=O)C[C@@H]1NC(=O)CNC(=O)[C@H](CCCN=C(NC(=O)OCc2ccccc2)NC(=O)OCc2ccccc2)N(C)C(=O)[C@@H](CC)NC(=O)c2cccc(c2)CNC1=O. The fourth-order valence-electron chi connectivity index (χ4n) is 6.22. The van der Waals surface area contributed by atoms with E-state index < -0.39 is 91.4 Å². The van der Waals surface area contributed by atoms with Crippen LogP contribution in [0.3, 0.4) is 0 Å². The van der Waals surface area contributed by atoms with Gasteiger partial charge < -0.3 is 45.1 Å². The Morgan fingerprint density at radius 2 is 1.33 bits per heavy atom. The third kappa shape index (κ3) is 17.4. The number of carbonyl (C=O) groups is 9. The standard InChI is InChI=1S/C45H54N8O13/c1-4-33-42(60)53(3)35(20-13-21-46-43(51-44(61)65-26-29-14-8-6-9-15-29)52-45(62)66-27-30-16-10-7-11-17-30)41(59)48-25-36(54)49-34(23-37(55)64-28-38(56)63-5-2)40(58)47-24-31-18-12-19-32(22-31)39(57)50-33/h6-12,14-19,22,33-35H,4-5,13,20-21,23-28H2,1-3H3,(H,47,58)(H,48,59)(H,49,54)(H,50,57)(H2,46,51,52,61,62)/t33-,34+,35+/m1/s1. The van der Waals surface area contributed by atoms with Crippen LogP contribution in [0.1, 0.15) is 66.6 Å². The Balaban J connectivity index is 1.53. The molecule has 21 heteroatoms.